The average molecular weight is 311 g/mol. The van der Waals surface area contributed by atoms with Crippen molar-refractivity contribution in [2.45, 2.75) is 25.1 Å². The van der Waals surface area contributed by atoms with Crippen LogP contribution in [0.1, 0.15) is 18.4 Å². The summed E-state index contributed by atoms with van der Waals surface area (Å²) in [4.78, 5) is 0. The Morgan fingerprint density at radius 2 is 1.95 bits per heavy atom. The van der Waals surface area contributed by atoms with E-state index in [1.165, 1.54) is 0 Å². The Bertz CT molecular complexity index is 598. The molecule has 1 aromatic rings. The molecule has 0 aliphatic carbocycles. The largest absolute Gasteiger partial charge is 0.416 e. The van der Waals surface area contributed by atoms with Crippen LogP contribution < -0.4 is 5.32 Å². The Morgan fingerprint density at radius 1 is 1.25 bits per heavy atom. The van der Waals surface area contributed by atoms with Crippen LogP contribution in [-0.4, -0.2) is 26.0 Å². The highest BCUT2D eigenvalue weighted by Gasteiger charge is 2.31. The minimum absolute atomic E-state index is 0.0979. The molecule has 1 atom stereocenters. The lowest BCUT2D eigenvalue weighted by Crippen LogP contribution is -2.35. The molecule has 0 bridgehead atoms. The van der Waals surface area contributed by atoms with Gasteiger partial charge in [0.1, 0.15) is 5.82 Å². The molecular formula is C12H13F4NO2S. The summed E-state index contributed by atoms with van der Waals surface area (Å²) >= 11 is 0. The average Bonchev–Trinajstić information content (AvgIpc) is 2.29. The van der Waals surface area contributed by atoms with Crippen LogP contribution >= 0.6 is 0 Å². The Hall–Kier alpha value is -1.31. The second-order valence-electron chi connectivity index (χ2n) is 4.79. The summed E-state index contributed by atoms with van der Waals surface area (Å²) in [6, 6.07) is 1.68. The van der Waals surface area contributed by atoms with E-state index in [-0.39, 0.29) is 17.2 Å². The van der Waals surface area contributed by atoms with Gasteiger partial charge in [0.15, 0.2) is 9.84 Å². The van der Waals surface area contributed by atoms with E-state index in [0.717, 1.165) is 12.1 Å². The zero-order valence-corrected chi connectivity index (χ0v) is 11.2. The smallest absolute Gasteiger partial charge is 0.379 e. The number of hydrogen-bond acceptors (Lipinski definition) is 3. The van der Waals surface area contributed by atoms with Crippen LogP contribution in [0, 0.1) is 5.82 Å². The summed E-state index contributed by atoms with van der Waals surface area (Å²) in [5.41, 5.74) is -1.18. The van der Waals surface area contributed by atoms with Gasteiger partial charge in [-0.1, -0.05) is 0 Å². The van der Waals surface area contributed by atoms with E-state index in [9.17, 15) is 26.0 Å². The highest BCUT2D eigenvalue weighted by Crippen LogP contribution is 2.31. The minimum atomic E-state index is -4.60. The maximum Gasteiger partial charge on any atom is 0.416 e. The Labute approximate surface area is 113 Å². The van der Waals surface area contributed by atoms with Crippen LogP contribution in [0.5, 0.6) is 0 Å². The molecule has 0 amide bonds. The fourth-order valence-electron chi connectivity index (χ4n) is 2.17. The van der Waals surface area contributed by atoms with Crippen molar-refractivity contribution in [3.63, 3.8) is 0 Å². The van der Waals surface area contributed by atoms with Crippen LogP contribution in [0.4, 0.5) is 23.2 Å². The molecule has 0 aromatic heterocycles. The first-order valence-corrected chi connectivity index (χ1v) is 7.83. The molecule has 1 aromatic carbocycles. The Kier molecular flexibility index (Phi) is 3.95. The third-order valence-corrected chi connectivity index (χ3v) is 4.94. The number of hydrogen-bond donors (Lipinski definition) is 1. The molecule has 0 radical (unpaired) electrons. The Balaban J connectivity index is 2.14. The standard InChI is InChI=1S/C12H13F4NO2S/c13-10-6-8(12(14,15)16)3-4-11(10)17-9-2-1-5-20(18,19)7-9/h3-4,6,9,17H,1-2,5,7H2. The molecule has 1 heterocycles. The third kappa shape index (κ3) is 3.62. The number of halogens is 4. The summed E-state index contributed by atoms with van der Waals surface area (Å²) in [6.07, 6.45) is -3.60. The van der Waals surface area contributed by atoms with Crippen molar-refractivity contribution in [3.8, 4) is 0 Å². The molecule has 20 heavy (non-hydrogen) atoms. The van der Waals surface area contributed by atoms with Crippen molar-refractivity contribution >= 4 is 15.5 Å². The molecule has 1 aliphatic heterocycles. The van der Waals surface area contributed by atoms with Crippen LogP contribution in [0.2, 0.25) is 0 Å². The molecule has 0 spiro atoms. The normalized spacial score (nSPS) is 22.5. The van der Waals surface area contributed by atoms with E-state index in [4.69, 9.17) is 0 Å². The van der Waals surface area contributed by atoms with Crippen molar-refractivity contribution in [1.82, 2.24) is 0 Å². The van der Waals surface area contributed by atoms with Gasteiger partial charge in [0.05, 0.1) is 22.8 Å². The Morgan fingerprint density at radius 3 is 2.50 bits per heavy atom. The number of sulfone groups is 1. The SMILES string of the molecule is O=S1(=O)CCCC(Nc2ccc(C(F)(F)F)cc2F)C1. The van der Waals surface area contributed by atoms with E-state index in [1.807, 2.05) is 0 Å². The first-order chi connectivity index (χ1) is 9.17. The molecule has 1 saturated heterocycles. The van der Waals surface area contributed by atoms with E-state index >= 15 is 0 Å². The number of nitrogens with one attached hydrogen (secondary N) is 1. The topological polar surface area (TPSA) is 46.2 Å². The molecule has 1 fully saturated rings. The lowest BCUT2D eigenvalue weighted by atomic mass is 10.1. The summed E-state index contributed by atoms with van der Waals surface area (Å²) in [6.45, 7) is 0. The molecule has 1 aliphatic rings. The lowest BCUT2D eigenvalue weighted by Gasteiger charge is -2.24. The van der Waals surface area contributed by atoms with Gasteiger partial charge in [-0.2, -0.15) is 13.2 Å². The summed E-state index contributed by atoms with van der Waals surface area (Å²) in [7, 11) is -3.16. The van der Waals surface area contributed by atoms with Gasteiger partial charge in [0.25, 0.3) is 0 Å². The fourth-order valence-corrected chi connectivity index (χ4v) is 3.80. The van der Waals surface area contributed by atoms with Gasteiger partial charge in [-0.3, -0.25) is 0 Å². The molecule has 1 unspecified atom stereocenters. The maximum atomic E-state index is 13.6. The van der Waals surface area contributed by atoms with Crippen LogP contribution in [0.25, 0.3) is 0 Å². The third-order valence-electron chi connectivity index (χ3n) is 3.12. The quantitative estimate of drug-likeness (QED) is 0.854. The molecule has 8 heteroatoms. The van der Waals surface area contributed by atoms with Crippen molar-refractivity contribution in [2.24, 2.45) is 0 Å². The molecule has 0 saturated carbocycles. The first-order valence-electron chi connectivity index (χ1n) is 6.01. The molecule has 1 N–H and O–H groups in total. The second kappa shape index (κ2) is 5.23. The van der Waals surface area contributed by atoms with Crippen molar-refractivity contribution in [3.05, 3.63) is 29.6 Å². The van der Waals surface area contributed by atoms with Crippen molar-refractivity contribution < 1.29 is 26.0 Å². The van der Waals surface area contributed by atoms with E-state index in [1.54, 1.807) is 0 Å². The number of anilines is 1. The van der Waals surface area contributed by atoms with Crippen molar-refractivity contribution in [2.75, 3.05) is 16.8 Å². The van der Waals surface area contributed by atoms with Gasteiger partial charge >= 0.3 is 6.18 Å². The first kappa shape index (κ1) is 15.1. The van der Waals surface area contributed by atoms with Crippen molar-refractivity contribution in [1.29, 1.82) is 0 Å². The highest BCUT2D eigenvalue weighted by molar-refractivity contribution is 7.91. The summed E-state index contributed by atoms with van der Waals surface area (Å²) in [5, 5.41) is 2.66. The van der Waals surface area contributed by atoms with Gasteiger partial charge in [-0.15, -0.1) is 0 Å². The minimum Gasteiger partial charge on any atom is -0.379 e. The van der Waals surface area contributed by atoms with E-state index in [2.05, 4.69) is 5.32 Å². The maximum absolute atomic E-state index is 13.6. The van der Waals surface area contributed by atoms with E-state index in [0.29, 0.717) is 18.9 Å². The summed E-state index contributed by atoms with van der Waals surface area (Å²) < 4.78 is 73.7. The molecule has 3 nitrogen and oxygen atoms in total. The zero-order valence-electron chi connectivity index (χ0n) is 10.4. The molecule has 112 valence electrons. The van der Waals surface area contributed by atoms with Gasteiger partial charge < -0.3 is 5.32 Å². The predicted octanol–water partition coefficient (Wildman–Crippen LogP) is 2.83. The monoisotopic (exact) mass is 311 g/mol. The number of alkyl halides is 3. The van der Waals surface area contributed by atoms with Crippen LogP contribution in [0.3, 0.4) is 0 Å². The fraction of sp³-hybridized carbons (Fsp3) is 0.500. The lowest BCUT2D eigenvalue weighted by molar-refractivity contribution is -0.137. The van der Waals surface area contributed by atoms with Gasteiger partial charge in [0.2, 0.25) is 0 Å². The van der Waals surface area contributed by atoms with Gasteiger partial charge in [-0.05, 0) is 31.0 Å². The van der Waals surface area contributed by atoms with E-state index < -0.39 is 33.4 Å². The molecule has 2 rings (SSSR count). The van der Waals surface area contributed by atoms with Crippen LogP contribution in [0.15, 0.2) is 18.2 Å². The number of rotatable bonds is 2. The molecular weight excluding hydrogens is 298 g/mol. The second-order valence-corrected chi connectivity index (χ2v) is 7.02. The number of benzene rings is 1. The zero-order chi connectivity index (χ0) is 15.0. The van der Waals surface area contributed by atoms with Gasteiger partial charge in [-0.25, -0.2) is 12.8 Å². The summed E-state index contributed by atoms with van der Waals surface area (Å²) in [5.74, 6) is -1.07. The highest BCUT2D eigenvalue weighted by atomic mass is 32.2. The van der Waals surface area contributed by atoms with Gasteiger partial charge in [0, 0.05) is 6.04 Å². The predicted molar refractivity (Wildman–Crippen MR) is 66.7 cm³/mol. The van der Waals surface area contributed by atoms with Crippen LogP contribution in [-0.2, 0) is 16.0 Å².